The van der Waals surface area contributed by atoms with Crippen LogP contribution in [0.25, 0.3) is 6.08 Å². The van der Waals surface area contributed by atoms with Crippen LogP contribution in [0.2, 0.25) is 0 Å². The van der Waals surface area contributed by atoms with Crippen molar-refractivity contribution in [1.29, 1.82) is 0 Å². The van der Waals surface area contributed by atoms with Gasteiger partial charge in [0.1, 0.15) is 5.75 Å². The van der Waals surface area contributed by atoms with Gasteiger partial charge in [-0.3, -0.25) is 4.79 Å². The summed E-state index contributed by atoms with van der Waals surface area (Å²) in [6, 6.07) is 10.3. The number of aromatic hydroxyl groups is 1. The molecule has 0 bridgehead atoms. The first-order chi connectivity index (χ1) is 12.1. The van der Waals surface area contributed by atoms with Gasteiger partial charge in [-0.05, 0) is 60.9 Å². The molecule has 0 unspecified atom stereocenters. The predicted octanol–water partition coefficient (Wildman–Crippen LogP) is 4.48. The molecule has 5 heteroatoms. The molecule has 0 spiro atoms. The Morgan fingerprint density at radius 1 is 1.20 bits per heavy atom. The maximum Gasteiger partial charge on any atom is 0.185 e. The van der Waals surface area contributed by atoms with Gasteiger partial charge in [0, 0.05) is 11.4 Å². The molecule has 0 aromatic heterocycles. The van der Waals surface area contributed by atoms with E-state index in [1.807, 2.05) is 25.1 Å². The lowest BCUT2D eigenvalue weighted by molar-refractivity contribution is 0.104. The number of ether oxygens (including phenoxy) is 2. The van der Waals surface area contributed by atoms with Gasteiger partial charge in [-0.15, -0.1) is 11.6 Å². The Hall–Kier alpha value is -2.46. The fourth-order valence-electron chi connectivity index (χ4n) is 2.37. The zero-order valence-electron chi connectivity index (χ0n) is 14.3. The number of benzene rings is 2. The summed E-state index contributed by atoms with van der Waals surface area (Å²) in [5.41, 5.74) is 2.00. The molecule has 2 aromatic carbocycles. The normalized spacial score (nSPS) is 10.8. The van der Waals surface area contributed by atoms with E-state index in [1.54, 1.807) is 25.3 Å². The summed E-state index contributed by atoms with van der Waals surface area (Å²) in [6.45, 7) is 2.46. The number of carbonyl (C=O) groups is 1. The highest BCUT2D eigenvalue weighted by molar-refractivity contribution is 6.18. The fraction of sp³-hybridized carbons (Fsp3) is 0.250. The van der Waals surface area contributed by atoms with Crippen LogP contribution in [0.1, 0.15) is 28.4 Å². The molecule has 0 fully saturated rings. The van der Waals surface area contributed by atoms with Gasteiger partial charge in [0.2, 0.25) is 0 Å². The maximum atomic E-state index is 12.4. The number of alkyl halides is 1. The van der Waals surface area contributed by atoms with E-state index in [4.69, 9.17) is 21.1 Å². The van der Waals surface area contributed by atoms with Crippen molar-refractivity contribution in [3.05, 3.63) is 59.2 Å². The Balaban J connectivity index is 2.18. The average molecular weight is 361 g/mol. The Morgan fingerprint density at radius 3 is 2.68 bits per heavy atom. The van der Waals surface area contributed by atoms with Gasteiger partial charge in [-0.1, -0.05) is 12.1 Å². The lowest BCUT2D eigenvalue weighted by Gasteiger charge is -2.09. The number of ketones is 1. The molecule has 0 aliphatic rings. The van der Waals surface area contributed by atoms with Crippen LogP contribution in [0.4, 0.5) is 0 Å². The fourth-order valence-corrected chi connectivity index (χ4v) is 2.58. The maximum absolute atomic E-state index is 12.4. The summed E-state index contributed by atoms with van der Waals surface area (Å²) in [7, 11) is 1.57. The molecule has 4 nitrogen and oxygen atoms in total. The molecule has 0 heterocycles. The number of rotatable bonds is 8. The molecule has 2 rings (SSSR count). The molecule has 0 radical (unpaired) electrons. The average Bonchev–Trinajstić information content (AvgIpc) is 2.62. The van der Waals surface area contributed by atoms with Crippen molar-refractivity contribution in [3.8, 4) is 17.2 Å². The van der Waals surface area contributed by atoms with Gasteiger partial charge in [0.05, 0.1) is 13.7 Å². The molecule has 2 aromatic rings. The van der Waals surface area contributed by atoms with E-state index in [0.29, 0.717) is 41.5 Å². The molecule has 1 N–H and O–H groups in total. The minimum Gasteiger partial charge on any atom is -0.508 e. The number of hydrogen-bond acceptors (Lipinski definition) is 4. The van der Waals surface area contributed by atoms with Crippen LogP contribution in [-0.4, -0.2) is 30.5 Å². The number of halogens is 1. The largest absolute Gasteiger partial charge is 0.508 e. The summed E-state index contributed by atoms with van der Waals surface area (Å²) in [5.74, 6) is 1.66. The summed E-state index contributed by atoms with van der Waals surface area (Å²) in [4.78, 5) is 12.4. The van der Waals surface area contributed by atoms with E-state index in [-0.39, 0.29) is 11.5 Å². The van der Waals surface area contributed by atoms with Crippen molar-refractivity contribution in [3.63, 3.8) is 0 Å². The monoisotopic (exact) mass is 360 g/mol. The molecule has 0 aliphatic heterocycles. The van der Waals surface area contributed by atoms with E-state index < -0.39 is 0 Å². The smallest absolute Gasteiger partial charge is 0.185 e. The first-order valence-electron chi connectivity index (χ1n) is 8.00. The van der Waals surface area contributed by atoms with Crippen molar-refractivity contribution in [1.82, 2.24) is 0 Å². The lowest BCUT2D eigenvalue weighted by Crippen LogP contribution is -1.97. The molecule has 0 amide bonds. The van der Waals surface area contributed by atoms with Gasteiger partial charge in [0.15, 0.2) is 17.3 Å². The lowest BCUT2D eigenvalue weighted by atomic mass is 10.0. The topological polar surface area (TPSA) is 55.8 Å². The van der Waals surface area contributed by atoms with Crippen LogP contribution in [0.15, 0.2) is 42.5 Å². The van der Waals surface area contributed by atoms with Gasteiger partial charge in [-0.2, -0.15) is 0 Å². The zero-order valence-corrected chi connectivity index (χ0v) is 15.0. The SMILES string of the molecule is CCOc1ccc(/C=C/C(=O)c2ccc(O)c(CCCl)c2)cc1OC. The third-order valence-electron chi connectivity index (χ3n) is 3.64. The zero-order chi connectivity index (χ0) is 18.2. The van der Waals surface area contributed by atoms with Crippen LogP contribution in [0, 0.1) is 0 Å². The third kappa shape index (κ3) is 5.00. The first kappa shape index (κ1) is 18.9. The van der Waals surface area contributed by atoms with Crippen LogP contribution < -0.4 is 9.47 Å². The molecule has 132 valence electrons. The van der Waals surface area contributed by atoms with Crippen molar-refractivity contribution in [2.45, 2.75) is 13.3 Å². The van der Waals surface area contributed by atoms with E-state index in [2.05, 4.69) is 0 Å². The number of methoxy groups -OCH3 is 1. The van der Waals surface area contributed by atoms with Crippen molar-refractivity contribution < 1.29 is 19.4 Å². The van der Waals surface area contributed by atoms with Crippen molar-refractivity contribution >= 4 is 23.5 Å². The van der Waals surface area contributed by atoms with E-state index >= 15 is 0 Å². The molecular formula is C20H21ClO4. The van der Waals surface area contributed by atoms with Crippen molar-refractivity contribution in [2.75, 3.05) is 19.6 Å². The third-order valence-corrected chi connectivity index (χ3v) is 3.83. The summed E-state index contributed by atoms with van der Waals surface area (Å²) in [5, 5.41) is 9.77. The van der Waals surface area contributed by atoms with Gasteiger partial charge in [0.25, 0.3) is 0 Å². The van der Waals surface area contributed by atoms with Gasteiger partial charge < -0.3 is 14.6 Å². The summed E-state index contributed by atoms with van der Waals surface area (Å²) < 4.78 is 10.8. The minimum absolute atomic E-state index is 0.149. The number of aryl methyl sites for hydroxylation is 1. The van der Waals surface area contributed by atoms with E-state index in [0.717, 1.165) is 5.56 Å². The number of hydrogen-bond donors (Lipinski definition) is 1. The van der Waals surface area contributed by atoms with Crippen LogP contribution in [0.5, 0.6) is 17.2 Å². The summed E-state index contributed by atoms with van der Waals surface area (Å²) >= 11 is 5.71. The molecular weight excluding hydrogens is 340 g/mol. The Morgan fingerprint density at radius 2 is 2.00 bits per heavy atom. The first-order valence-corrected chi connectivity index (χ1v) is 8.53. The predicted molar refractivity (Wildman–Crippen MR) is 100 cm³/mol. The van der Waals surface area contributed by atoms with Crippen molar-refractivity contribution in [2.24, 2.45) is 0 Å². The van der Waals surface area contributed by atoms with E-state index in [1.165, 1.54) is 12.1 Å². The number of allylic oxidation sites excluding steroid dienone is 1. The summed E-state index contributed by atoms with van der Waals surface area (Å²) in [6.07, 6.45) is 3.72. The highest BCUT2D eigenvalue weighted by Gasteiger charge is 2.08. The molecule has 0 aliphatic carbocycles. The molecule has 0 atom stereocenters. The quantitative estimate of drug-likeness (QED) is 0.428. The van der Waals surface area contributed by atoms with Gasteiger partial charge >= 0.3 is 0 Å². The number of carbonyl (C=O) groups excluding carboxylic acids is 1. The Labute approximate surface area is 152 Å². The minimum atomic E-state index is -0.149. The second kappa shape index (κ2) is 9.14. The van der Waals surface area contributed by atoms with Crippen LogP contribution >= 0.6 is 11.6 Å². The Kier molecular flexibility index (Phi) is 6.90. The van der Waals surface area contributed by atoms with Crippen LogP contribution in [-0.2, 0) is 6.42 Å². The highest BCUT2D eigenvalue weighted by atomic mass is 35.5. The van der Waals surface area contributed by atoms with Gasteiger partial charge in [-0.25, -0.2) is 0 Å². The Bertz CT molecular complexity index is 768. The standard InChI is InChI=1S/C20H21ClO4/c1-3-25-19-9-5-14(12-20(19)24-2)4-7-17(22)15-6-8-18(23)16(13-15)10-11-21/h4-9,12-13,23H,3,10-11H2,1-2H3/b7-4+. The van der Waals surface area contributed by atoms with E-state index in [9.17, 15) is 9.90 Å². The second-order valence-corrected chi connectivity index (χ2v) is 5.70. The highest BCUT2D eigenvalue weighted by Crippen LogP contribution is 2.28. The molecule has 0 saturated heterocycles. The van der Waals surface area contributed by atoms with Crippen LogP contribution in [0.3, 0.4) is 0 Å². The number of phenolic OH excluding ortho intramolecular Hbond substituents is 1. The second-order valence-electron chi connectivity index (χ2n) is 5.32. The molecule has 0 saturated carbocycles. The number of phenols is 1. The molecule has 25 heavy (non-hydrogen) atoms.